The maximum absolute atomic E-state index is 12.4. The van der Waals surface area contributed by atoms with Crippen molar-refractivity contribution >= 4 is 33.8 Å². The van der Waals surface area contributed by atoms with Crippen LogP contribution in [0.5, 0.6) is 0 Å². The van der Waals surface area contributed by atoms with Gasteiger partial charge in [-0.2, -0.15) is 0 Å². The van der Waals surface area contributed by atoms with Crippen LogP contribution in [0.3, 0.4) is 0 Å². The summed E-state index contributed by atoms with van der Waals surface area (Å²) in [5, 5.41) is 11.1. The molecular weight excluding hydrogens is 376 g/mol. The summed E-state index contributed by atoms with van der Waals surface area (Å²) in [6, 6.07) is 7.29. The van der Waals surface area contributed by atoms with Crippen LogP contribution in [0.4, 0.5) is 0 Å². The van der Waals surface area contributed by atoms with Gasteiger partial charge >= 0.3 is 5.97 Å². The van der Waals surface area contributed by atoms with Gasteiger partial charge in [-0.1, -0.05) is 28.1 Å². The normalized spacial score (nSPS) is 24.8. The van der Waals surface area contributed by atoms with Gasteiger partial charge in [0, 0.05) is 17.3 Å². The second kappa shape index (κ2) is 6.53. The summed E-state index contributed by atoms with van der Waals surface area (Å²) in [7, 11) is 0. The van der Waals surface area contributed by atoms with Gasteiger partial charge in [-0.15, -0.1) is 0 Å². The predicted molar refractivity (Wildman–Crippen MR) is 90.7 cm³/mol. The minimum Gasteiger partial charge on any atom is -0.463 e. The highest BCUT2D eigenvalue weighted by atomic mass is 79.9. The number of allylic oxidation sites excluding steroid dienone is 1. The highest BCUT2D eigenvalue weighted by Gasteiger charge is 2.56. The molecule has 0 saturated heterocycles. The molecule has 5 nitrogen and oxygen atoms in total. The van der Waals surface area contributed by atoms with Gasteiger partial charge in [-0.05, 0) is 37.1 Å². The average molecular weight is 393 g/mol. The number of esters is 1. The summed E-state index contributed by atoms with van der Waals surface area (Å²) < 4.78 is 11.6. The van der Waals surface area contributed by atoms with Crippen molar-refractivity contribution in [2.75, 3.05) is 6.61 Å². The number of carbonyl (C=O) groups is 2. The van der Waals surface area contributed by atoms with Gasteiger partial charge in [0.1, 0.15) is 5.76 Å². The van der Waals surface area contributed by atoms with Crippen molar-refractivity contribution in [3.63, 3.8) is 0 Å². The Morgan fingerprint density at radius 3 is 2.75 bits per heavy atom. The Hall–Kier alpha value is -1.92. The Balaban J connectivity index is 2.08. The third-order valence-corrected chi connectivity index (χ3v) is 4.58. The van der Waals surface area contributed by atoms with Crippen molar-refractivity contribution in [3.05, 3.63) is 51.4 Å². The lowest BCUT2D eigenvalue weighted by Crippen LogP contribution is -2.44. The number of benzene rings is 1. The Kier molecular flexibility index (Phi) is 4.60. The lowest BCUT2D eigenvalue weighted by Gasteiger charge is -2.23. The Morgan fingerprint density at radius 2 is 2.08 bits per heavy atom. The molecule has 0 bridgehead atoms. The number of aliphatic hydroxyl groups is 1. The van der Waals surface area contributed by atoms with Crippen LogP contribution in [-0.2, 0) is 19.1 Å². The number of ketones is 1. The van der Waals surface area contributed by atoms with Gasteiger partial charge in [-0.25, -0.2) is 4.79 Å². The monoisotopic (exact) mass is 392 g/mol. The number of rotatable bonds is 3. The Bertz CT molecular complexity index is 747. The van der Waals surface area contributed by atoms with Crippen LogP contribution in [0.2, 0.25) is 0 Å². The van der Waals surface area contributed by atoms with E-state index in [-0.39, 0.29) is 30.1 Å². The first-order chi connectivity index (χ1) is 11.5. The second-order valence-electron chi connectivity index (χ2n) is 5.67. The molecule has 2 aliphatic rings. The summed E-state index contributed by atoms with van der Waals surface area (Å²) in [5.74, 6) is -0.770. The number of hydrogen-bond donors (Lipinski definition) is 1. The molecular formula is C18H17BrO5. The SMILES string of the molecule is CCOC(=O)[C@@]1(O)C2=C(CCCC2=O)O/C1=C\c1ccc(Br)cc1. The first-order valence-corrected chi connectivity index (χ1v) is 8.58. The number of Topliss-reactive ketones (excluding diaryl/α,β-unsaturated/α-hetero) is 1. The van der Waals surface area contributed by atoms with Crippen LogP contribution in [0, 0.1) is 0 Å². The van der Waals surface area contributed by atoms with Gasteiger partial charge in [-0.3, -0.25) is 4.79 Å². The third-order valence-electron chi connectivity index (χ3n) is 4.06. The van der Waals surface area contributed by atoms with E-state index in [0.717, 1.165) is 10.0 Å². The number of carbonyl (C=O) groups excluding carboxylic acids is 2. The highest BCUT2D eigenvalue weighted by Crippen LogP contribution is 2.45. The molecule has 0 radical (unpaired) electrons. The minimum atomic E-state index is -2.17. The summed E-state index contributed by atoms with van der Waals surface area (Å²) >= 11 is 3.35. The quantitative estimate of drug-likeness (QED) is 0.799. The van der Waals surface area contributed by atoms with Gasteiger partial charge in [0.15, 0.2) is 11.5 Å². The molecule has 1 N–H and O–H groups in total. The van der Waals surface area contributed by atoms with Crippen molar-refractivity contribution in [1.82, 2.24) is 0 Å². The van der Waals surface area contributed by atoms with Crippen LogP contribution in [0.15, 0.2) is 45.8 Å². The third kappa shape index (κ3) is 2.80. The van der Waals surface area contributed by atoms with E-state index in [9.17, 15) is 14.7 Å². The number of hydrogen-bond acceptors (Lipinski definition) is 5. The van der Waals surface area contributed by atoms with Crippen molar-refractivity contribution in [1.29, 1.82) is 0 Å². The van der Waals surface area contributed by atoms with E-state index >= 15 is 0 Å². The zero-order chi connectivity index (χ0) is 17.3. The molecule has 6 heteroatoms. The molecule has 1 aromatic carbocycles. The fraction of sp³-hybridized carbons (Fsp3) is 0.333. The molecule has 0 fully saturated rings. The minimum absolute atomic E-state index is 0.0172. The summed E-state index contributed by atoms with van der Waals surface area (Å²) in [4.78, 5) is 24.7. The highest BCUT2D eigenvalue weighted by molar-refractivity contribution is 9.10. The zero-order valence-electron chi connectivity index (χ0n) is 13.2. The van der Waals surface area contributed by atoms with Crippen molar-refractivity contribution in [3.8, 4) is 0 Å². The van der Waals surface area contributed by atoms with Crippen LogP contribution in [-0.4, -0.2) is 29.1 Å². The summed E-state index contributed by atoms with van der Waals surface area (Å²) in [6.45, 7) is 1.75. The van der Waals surface area contributed by atoms with E-state index in [0.29, 0.717) is 18.6 Å². The van der Waals surface area contributed by atoms with Gasteiger partial charge in [0.2, 0.25) is 0 Å². The molecule has 1 aliphatic carbocycles. The van der Waals surface area contributed by atoms with E-state index in [1.165, 1.54) is 0 Å². The van der Waals surface area contributed by atoms with Crippen LogP contribution >= 0.6 is 15.9 Å². The number of halogens is 1. The molecule has 0 spiro atoms. The molecule has 3 rings (SSSR count). The van der Waals surface area contributed by atoms with E-state index in [1.807, 2.05) is 24.3 Å². The van der Waals surface area contributed by atoms with Gasteiger partial charge in [0.05, 0.1) is 12.2 Å². The van der Waals surface area contributed by atoms with Crippen molar-refractivity contribution in [2.24, 2.45) is 0 Å². The van der Waals surface area contributed by atoms with Crippen LogP contribution in [0.1, 0.15) is 31.7 Å². The Labute approximate surface area is 148 Å². The van der Waals surface area contributed by atoms with E-state index in [2.05, 4.69) is 15.9 Å². The van der Waals surface area contributed by atoms with E-state index < -0.39 is 11.6 Å². The fourth-order valence-electron chi connectivity index (χ4n) is 2.93. The van der Waals surface area contributed by atoms with Crippen LogP contribution < -0.4 is 0 Å². The largest absolute Gasteiger partial charge is 0.463 e. The average Bonchev–Trinajstić information content (AvgIpc) is 2.84. The van der Waals surface area contributed by atoms with E-state index in [4.69, 9.17) is 9.47 Å². The molecule has 1 atom stereocenters. The first-order valence-electron chi connectivity index (χ1n) is 7.78. The zero-order valence-corrected chi connectivity index (χ0v) is 14.8. The first kappa shape index (κ1) is 16.9. The lowest BCUT2D eigenvalue weighted by atomic mass is 9.84. The standard InChI is InChI=1S/C18H17BrO5/c1-2-23-17(21)18(22)15(10-11-6-8-12(19)9-7-11)24-14-5-3-4-13(20)16(14)18/h6-10,22H,2-5H2,1H3/b15-10-/t18-/m0/s1. The molecule has 1 aromatic rings. The maximum Gasteiger partial charge on any atom is 0.351 e. The molecule has 0 amide bonds. The lowest BCUT2D eigenvalue weighted by molar-refractivity contribution is -0.159. The maximum atomic E-state index is 12.4. The van der Waals surface area contributed by atoms with Gasteiger partial charge in [0.25, 0.3) is 5.60 Å². The van der Waals surface area contributed by atoms with Crippen molar-refractivity contribution in [2.45, 2.75) is 31.8 Å². The molecule has 1 heterocycles. The topological polar surface area (TPSA) is 72.8 Å². The molecule has 126 valence electrons. The number of ether oxygens (including phenoxy) is 2. The van der Waals surface area contributed by atoms with Crippen LogP contribution in [0.25, 0.3) is 6.08 Å². The predicted octanol–water partition coefficient (Wildman–Crippen LogP) is 3.12. The second-order valence-corrected chi connectivity index (χ2v) is 6.58. The van der Waals surface area contributed by atoms with Gasteiger partial charge < -0.3 is 14.6 Å². The molecule has 0 aromatic heterocycles. The summed E-state index contributed by atoms with van der Waals surface area (Å²) in [6.07, 6.45) is 3.01. The molecule has 1 aliphatic heterocycles. The molecule has 24 heavy (non-hydrogen) atoms. The smallest absolute Gasteiger partial charge is 0.351 e. The molecule has 0 unspecified atom stereocenters. The molecule has 0 saturated carbocycles. The Morgan fingerprint density at radius 1 is 1.38 bits per heavy atom. The summed E-state index contributed by atoms with van der Waals surface area (Å²) in [5.41, 5.74) is -1.41. The fourth-order valence-corrected chi connectivity index (χ4v) is 3.20. The van der Waals surface area contributed by atoms with Crippen molar-refractivity contribution < 1.29 is 24.2 Å². The van der Waals surface area contributed by atoms with E-state index in [1.54, 1.807) is 13.0 Å².